The van der Waals surface area contributed by atoms with E-state index in [9.17, 15) is 4.79 Å². The van der Waals surface area contributed by atoms with Crippen LogP contribution in [0, 0.1) is 5.41 Å². The Bertz CT molecular complexity index is 184. The van der Waals surface area contributed by atoms with Gasteiger partial charge in [0.15, 0.2) is 0 Å². The van der Waals surface area contributed by atoms with Crippen molar-refractivity contribution in [3.8, 4) is 0 Å². The van der Waals surface area contributed by atoms with Crippen molar-refractivity contribution in [3.05, 3.63) is 0 Å². The molecule has 0 radical (unpaired) electrons. The van der Waals surface area contributed by atoms with Crippen LogP contribution in [0.5, 0.6) is 0 Å². The van der Waals surface area contributed by atoms with Crippen molar-refractivity contribution in [1.82, 2.24) is 5.32 Å². The van der Waals surface area contributed by atoms with Crippen LogP contribution < -0.4 is 11.1 Å². The van der Waals surface area contributed by atoms with Gasteiger partial charge in [-0.15, -0.1) is 0 Å². The topological polar surface area (TPSA) is 55.1 Å². The Morgan fingerprint density at radius 3 is 2.33 bits per heavy atom. The van der Waals surface area contributed by atoms with Gasteiger partial charge < -0.3 is 11.1 Å². The summed E-state index contributed by atoms with van der Waals surface area (Å²) in [5.74, 6) is -0.00435. The Morgan fingerprint density at radius 1 is 1.50 bits per heavy atom. The molecule has 0 aliphatic carbocycles. The zero-order valence-electron chi connectivity index (χ0n) is 7.81. The van der Waals surface area contributed by atoms with E-state index in [1.54, 1.807) is 0 Å². The minimum Gasteiger partial charge on any atom is -0.392 e. The predicted octanol–water partition coefficient (Wildman–Crippen LogP) is 0.825. The molecule has 0 atom stereocenters. The summed E-state index contributed by atoms with van der Waals surface area (Å²) in [5, 5.41) is 2.63. The van der Waals surface area contributed by atoms with Crippen LogP contribution in [0.15, 0.2) is 0 Å². The van der Waals surface area contributed by atoms with Crippen LogP contribution >= 0.6 is 12.2 Å². The molecular weight excluding hydrogens is 172 g/mol. The standard InChI is InChI=1S/C8H16N2OS/c1-8(2,3)4-7(11)10-5-6(9)12/h4-5H2,1-3H3,(H2,9,12)(H,10,11). The first-order valence-corrected chi connectivity index (χ1v) is 4.27. The molecular formula is C8H16N2OS. The minimum absolute atomic E-state index is 0.00435. The van der Waals surface area contributed by atoms with E-state index in [4.69, 9.17) is 5.73 Å². The molecule has 3 N–H and O–H groups in total. The highest BCUT2D eigenvalue weighted by atomic mass is 32.1. The molecule has 70 valence electrons. The van der Waals surface area contributed by atoms with Gasteiger partial charge in [-0.2, -0.15) is 0 Å². The van der Waals surface area contributed by atoms with E-state index in [0.29, 0.717) is 18.0 Å². The van der Waals surface area contributed by atoms with Crippen molar-refractivity contribution < 1.29 is 4.79 Å². The maximum Gasteiger partial charge on any atom is 0.220 e. The molecule has 0 aliphatic rings. The predicted molar refractivity (Wildman–Crippen MR) is 53.9 cm³/mol. The first-order chi connectivity index (χ1) is 5.31. The summed E-state index contributed by atoms with van der Waals surface area (Å²) in [5.41, 5.74) is 5.24. The van der Waals surface area contributed by atoms with Crippen LogP contribution in [0.25, 0.3) is 0 Å². The van der Waals surface area contributed by atoms with Gasteiger partial charge in [0.2, 0.25) is 5.91 Å². The number of carbonyl (C=O) groups excluding carboxylic acids is 1. The summed E-state index contributed by atoms with van der Waals surface area (Å²) < 4.78 is 0. The first kappa shape index (κ1) is 11.4. The molecule has 12 heavy (non-hydrogen) atoms. The lowest BCUT2D eigenvalue weighted by Gasteiger charge is -2.16. The van der Waals surface area contributed by atoms with Crippen molar-refractivity contribution in [2.75, 3.05) is 6.54 Å². The van der Waals surface area contributed by atoms with E-state index in [2.05, 4.69) is 17.5 Å². The Hall–Kier alpha value is -0.640. The fourth-order valence-electron chi connectivity index (χ4n) is 0.730. The van der Waals surface area contributed by atoms with Gasteiger partial charge in [0.1, 0.15) is 0 Å². The second-order valence-corrected chi connectivity index (χ2v) is 4.50. The maximum absolute atomic E-state index is 11.1. The van der Waals surface area contributed by atoms with Crippen LogP contribution in [-0.2, 0) is 4.79 Å². The molecule has 1 amide bonds. The lowest BCUT2D eigenvalue weighted by atomic mass is 9.92. The van der Waals surface area contributed by atoms with Crippen LogP contribution in [0.3, 0.4) is 0 Å². The molecule has 3 nitrogen and oxygen atoms in total. The number of thiocarbonyl (C=S) groups is 1. The third-order valence-corrected chi connectivity index (χ3v) is 1.30. The lowest BCUT2D eigenvalue weighted by molar-refractivity contribution is -0.122. The molecule has 0 aliphatic heterocycles. The number of amides is 1. The first-order valence-electron chi connectivity index (χ1n) is 3.86. The molecule has 0 rings (SSSR count). The van der Waals surface area contributed by atoms with E-state index >= 15 is 0 Å². The van der Waals surface area contributed by atoms with Gasteiger partial charge in [0.25, 0.3) is 0 Å². The number of nitrogens with one attached hydrogen (secondary N) is 1. The monoisotopic (exact) mass is 188 g/mol. The van der Waals surface area contributed by atoms with Crippen LogP contribution in [-0.4, -0.2) is 17.4 Å². The van der Waals surface area contributed by atoms with Crippen molar-refractivity contribution in [2.45, 2.75) is 27.2 Å². The van der Waals surface area contributed by atoms with Gasteiger partial charge in [0.05, 0.1) is 11.5 Å². The second-order valence-electron chi connectivity index (χ2n) is 3.98. The zero-order valence-corrected chi connectivity index (χ0v) is 8.62. The maximum atomic E-state index is 11.1. The number of hydrogen-bond donors (Lipinski definition) is 2. The molecule has 0 saturated carbocycles. The van der Waals surface area contributed by atoms with Crippen molar-refractivity contribution >= 4 is 23.1 Å². The van der Waals surface area contributed by atoms with E-state index in [1.807, 2.05) is 20.8 Å². The molecule has 0 spiro atoms. The summed E-state index contributed by atoms with van der Waals surface area (Å²) in [7, 11) is 0. The average Bonchev–Trinajstić information content (AvgIpc) is 1.79. The summed E-state index contributed by atoms with van der Waals surface area (Å²) >= 11 is 4.62. The van der Waals surface area contributed by atoms with Crippen molar-refractivity contribution in [3.63, 3.8) is 0 Å². The van der Waals surface area contributed by atoms with Crippen molar-refractivity contribution in [1.29, 1.82) is 0 Å². The fraction of sp³-hybridized carbons (Fsp3) is 0.750. The van der Waals surface area contributed by atoms with Crippen LogP contribution in [0.2, 0.25) is 0 Å². The van der Waals surface area contributed by atoms with Crippen LogP contribution in [0.1, 0.15) is 27.2 Å². The lowest BCUT2D eigenvalue weighted by Crippen LogP contribution is -2.34. The molecule has 0 aromatic carbocycles. The molecule has 0 unspecified atom stereocenters. The van der Waals surface area contributed by atoms with E-state index in [-0.39, 0.29) is 11.3 Å². The highest BCUT2D eigenvalue weighted by molar-refractivity contribution is 7.80. The third-order valence-electron chi connectivity index (χ3n) is 1.15. The van der Waals surface area contributed by atoms with Gasteiger partial charge in [-0.05, 0) is 5.41 Å². The van der Waals surface area contributed by atoms with Crippen LogP contribution in [0.4, 0.5) is 0 Å². The minimum atomic E-state index is -0.00435. The third kappa shape index (κ3) is 7.47. The number of hydrogen-bond acceptors (Lipinski definition) is 2. The number of nitrogens with two attached hydrogens (primary N) is 1. The second kappa shape index (κ2) is 4.40. The summed E-state index contributed by atoms with van der Waals surface area (Å²) in [6.45, 7) is 6.32. The molecule has 0 aromatic rings. The Morgan fingerprint density at radius 2 is 2.00 bits per heavy atom. The van der Waals surface area contributed by atoms with Gasteiger partial charge in [-0.25, -0.2) is 0 Å². The van der Waals surface area contributed by atoms with E-state index < -0.39 is 0 Å². The Kier molecular flexibility index (Phi) is 4.17. The molecule has 0 heterocycles. The zero-order chi connectivity index (χ0) is 9.78. The molecule has 0 saturated heterocycles. The molecule has 0 bridgehead atoms. The average molecular weight is 188 g/mol. The highest BCUT2D eigenvalue weighted by Gasteiger charge is 2.15. The summed E-state index contributed by atoms with van der Waals surface area (Å²) in [6, 6.07) is 0. The normalized spacial score (nSPS) is 10.9. The van der Waals surface area contributed by atoms with Gasteiger partial charge in [0, 0.05) is 6.42 Å². The number of rotatable bonds is 3. The Balaban J connectivity index is 3.68. The summed E-state index contributed by atoms with van der Waals surface area (Å²) in [6.07, 6.45) is 0.496. The summed E-state index contributed by atoms with van der Waals surface area (Å²) in [4.78, 5) is 11.5. The highest BCUT2D eigenvalue weighted by Crippen LogP contribution is 2.17. The van der Waals surface area contributed by atoms with Gasteiger partial charge >= 0.3 is 0 Å². The largest absolute Gasteiger partial charge is 0.392 e. The fourth-order valence-corrected chi connectivity index (χ4v) is 0.802. The van der Waals surface area contributed by atoms with Crippen molar-refractivity contribution in [2.24, 2.45) is 11.1 Å². The number of carbonyl (C=O) groups is 1. The van der Waals surface area contributed by atoms with E-state index in [1.165, 1.54) is 0 Å². The molecule has 4 heteroatoms. The molecule has 0 aromatic heterocycles. The van der Waals surface area contributed by atoms with Gasteiger partial charge in [-0.3, -0.25) is 4.79 Å². The quantitative estimate of drug-likeness (QED) is 0.645. The Labute approximate surface area is 78.7 Å². The molecule has 0 fully saturated rings. The smallest absolute Gasteiger partial charge is 0.220 e. The SMILES string of the molecule is CC(C)(C)CC(=O)NCC(N)=S. The van der Waals surface area contributed by atoms with Gasteiger partial charge in [-0.1, -0.05) is 33.0 Å². The van der Waals surface area contributed by atoms with E-state index in [0.717, 1.165) is 0 Å².